The summed E-state index contributed by atoms with van der Waals surface area (Å²) < 4.78 is 5.82. The lowest BCUT2D eigenvalue weighted by Crippen LogP contribution is -2.31. The molecule has 0 amide bonds. The summed E-state index contributed by atoms with van der Waals surface area (Å²) in [6.45, 7) is 1.72. The van der Waals surface area contributed by atoms with Crippen LogP contribution in [0.2, 0.25) is 0 Å². The van der Waals surface area contributed by atoms with Gasteiger partial charge in [-0.05, 0) is 36.6 Å². The highest BCUT2D eigenvalue weighted by atomic mass is 16.5. The number of ether oxygens (including phenoxy) is 1. The Hall–Kier alpha value is -2.36. The highest BCUT2D eigenvalue weighted by molar-refractivity contribution is 6.01. The molecule has 1 aliphatic carbocycles. The van der Waals surface area contributed by atoms with E-state index in [1.165, 1.54) is 0 Å². The Morgan fingerprint density at radius 2 is 2.15 bits per heavy atom. The molecule has 4 nitrogen and oxygen atoms in total. The highest BCUT2D eigenvalue weighted by Gasteiger charge is 2.36. The van der Waals surface area contributed by atoms with Crippen molar-refractivity contribution in [3.05, 3.63) is 52.8 Å². The molecule has 0 radical (unpaired) electrons. The highest BCUT2D eigenvalue weighted by Crippen LogP contribution is 2.39. The lowest BCUT2D eigenvalue weighted by atomic mass is 9.81. The van der Waals surface area contributed by atoms with Crippen molar-refractivity contribution < 1.29 is 19.4 Å². The van der Waals surface area contributed by atoms with Gasteiger partial charge in [0.25, 0.3) is 0 Å². The summed E-state index contributed by atoms with van der Waals surface area (Å²) >= 11 is 0. The van der Waals surface area contributed by atoms with Crippen molar-refractivity contribution in [1.82, 2.24) is 0 Å². The molecule has 0 fully saturated rings. The van der Waals surface area contributed by atoms with Crippen LogP contribution >= 0.6 is 0 Å². The van der Waals surface area contributed by atoms with Crippen LogP contribution in [-0.4, -0.2) is 16.9 Å². The Labute approximate surface area is 116 Å². The standard InChI is InChI=1S/C16H14O4/c1-9-6-11(8-14(17)18)16-12(15(9)19)7-10-4-2-3-5-13(10)20-16/h2-6,12H,7-8H2,1H3,(H,17,18). The van der Waals surface area contributed by atoms with Gasteiger partial charge in [-0.2, -0.15) is 0 Å². The number of para-hydroxylation sites is 1. The fourth-order valence-corrected chi connectivity index (χ4v) is 2.75. The van der Waals surface area contributed by atoms with E-state index in [2.05, 4.69) is 0 Å². The van der Waals surface area contributed by atoms with Crippen molar-refractivity contribution in [2.45, 2.75) is 19.8 Å². The molecular weight excluding hydrogens is 256 g/mol. The zero-order valence-corrected chi connectivity index (χ0v) is 11.1. The number of carbonyl (C=O) groups excluding carboxylic acids is 1. The second kappa shape index (κ2) is 4.63. The smallest absolute Gasteiger partial charge is 0.307 e. The Morgan fingerprint density at radius 1 is 1.40 bits per heavy atom. The minimum atomic E-state index is -0.924. The van der Waals surface area contributed by atoms with Crippen LogP contribution in [0, 0.1) is 5.92 Å². The van der Waals surface area contributed by atoms with Crippen LogP contribution in [0.1, 0.15) is 18.9 Å². The zero-order valence-electron chi connectivity index (χ0n) is 11.1. The van der Waals surface area contributed by atoms with Gasteiger partial charge in [0, 0.05) is 5.57 Å². The van der Waals surface area contributed by atoms with Crippen LogP contribution in [0.25, 0.3) is 0 Å². The third-order valence-corrected chi connectivity index (χ3v) is 3.69. The van der Waals surface area contributed by atoms with E-state index >= 15 is 0 Å². The van der Waals surface area contributed by atoms with E-state index in [1.54, 1.807) is 13.0 Å². The summed E-state index contributed by atoms with van der Waals surface area (Å²) in [5, 5.41) is 9.00. The molecule has 0 spiro atoms. The van der Waals surface area contributed by atoms with E-state index in [9.17, 15) is 9.59 Å². The van der Waals surface area contributed by atoms with Gasteiger partial charge in [0.15, 0.2) is 5.78 Å². The van der Waals surface area contributed by atoms with Crippen LogP contribution < -0.4 is 4.74 Å². The number of carboxylic acid groups (broad SMARTS) is 1. The second-order valence-corrected chi connectivity index (χ2v) is 5.12. The Balaban J connectivity index is 2.09. The fraction of sp³-hybridized carbons (Fsp3) is 0.250. The maximum atomic E-state index is 12.3. The number of hydrogen-bond donors (Lipinski definition) is 1. The molecule has 1 unspecified atom stereocenters. The van der Waals surface area contributed by atoms with E-state index in [-0.39, 0.29) is 18.1 Å². The van der Waals surface area contributed by atoms with Crippen molar-refractivity contribution in [2.24, 2.45) is 5.92 Å². The molecule has 2 aliphatic rings. The summed E-state index contributed by atoms with van der Waals surface area (Å²) in [6.07, 6.45) is 2.08. The SMILES string of the molecule is CC1=CC(CC(=O)O)=C2Oc3ccccc3CC2C1=O. The Morgan fingerprint density at radius 3 is 2.90 bits per heavy atom. The Bertz CT molecular complexity index is 667. The van der Waals surface area contributed by atoms with Gasteiger partial charge >= 0.3 is 5.97 Å². The third kappa shape index (κ3) is 2.03. The van der Waals surface area contributed by atoms with Crippen LogP contribution in [0.5, 0.6) is 5.75 Å². The molecule has 1 aliphatic heterocycles. The lowest BCUT2D eigenvalue weighted by Gasteiger charge is -2.31. The number of fused-ring (bicyclic) bond motifs is 2. The molecule has 1 N–H and O–H groups in total. The van der Waals surface area contributed by atoms with Crippen molar-refractivity contribution in [1.29, 1.82) is 0 Å². The van der Waals surface area contributed by atoms with Crippen LogP contribution in [0.3, 0.4) is 0 Å². The van der Waals surface area contributed by atoms with E-state index in [4.69, 9.17) is 9.84 Å². The summed E-state index contributed by atoms with van der Waals surface area (Å²) in [7, 11) is 0. The third-order valence-electron chi connectivity index (χ3n) is 3.69. The lowest BCUT2D eigenvalue weighted by molar-refractivity contribution is -0.136. The molecule has 20 heavy (non-hydrogen) atoms. The number of carboxylic acids is 1. The van der Waals surface area contributed by atoms with Gasteiger partial charge in [0.05, 0.1) is 12.3 Å². The van der Waals surface area contributed by atoms with E-state index < -0.39 is 5.97 Å². The van der Waals surface area contributed by atoms with Crippen LogP contribution in [0.15, 0.2) is 47.2 Å². The number of rotatable bonds is 2. The molecule has 102 valence electrons. The molecule has 1 aromatic carbocycles. The van der Waals surface area contributed by atoms with Gasteiger partial charge in [0.1, 0.15) is 11.5 Å². The molecule has 1 atom stereocenters. The molecule has 0 aromatic heterocycles. The fourth-order valence-electron chi connectivity index (χ4n) is 2.75. The van der Waals surface area contributed by atoms with Crippen molar-refractivity contribution in [3.63, 3.8) is 0 Å². The normalized spacial score (nSPS) is 20.8. The number of aliphatic carboxylic acids is 1. The molecule has 4 heteroatoms. The monoisotopic (exact) mass is 270 g/mol. The number of benzene rings is 1. The van der Waals surface area contributed by atoms with Gasteiger partial charge < -0.3 is 9.84 Å². The van der Waals surface area contributed by atoms with Gasteiger partial charge in [0.2, 0.25) is 0 Å². The van der Waals surface area contributed by atoms with Gasteiger partial charge in [-0.25, -0.2) is 0 Å². The molecule has 0 saturated heterocycles. The summed E-state index contributed by atoms with van der Waals surface area (Å²) in [5.41, 5.74) is 2.17. The van der Waals surface area contributed by atoms with Gasteiger partial charge in [-0.15, -0.1) is 0 Å². The maximum Gasteiger partial charge on any atom is 0.307 e. The summed E-state index contributed by atoms with van der Waals surface area (Å²) in [6, 6.07) is 7.55. The first kappa shape index (κ1) is 12.7. The maximum absolute atomic E-state index is 12.3. The average Bonchev–Trinajstić information content (AvgIpc) is 2.42. The molecular formula is C16H14O4. The Kier molecular flexibility index (Phi) is 2.93. The zero-order chi connectivity index (χ0) is 14.3. The largest absolute Gasteiger partial charge is 0.481 e. The first-order chi connectivity index (χ1) is 9.56. The number of ketones is 1. The van der Waals surface area contributed by atoms with Crippen molar-refractivity contribution >= 4 is 11.8 Å². The number of carbonyl (C=O) groups is 2. The topological polar surface area (TPSA) is 63.6 Å². The van der Waals surface area contributed by atoms with E-state index in [0.717, 1.165) is 5.56 Å². The molecule has 0 bridgehead atoms. The van der Waals surface area contributed by atoms with Gasteiger partial charge in [-0.3, -0.25) is 9.59 Å². The van der Waals surface area contributed by atoms with Crippen LogP contribution in [-0.2, 0) is 16.0 Å². The number of Topliss-reactive ketones (excluding diaryl/α,β-unsaturated/α-hetero) is 1. The first-order valence-corrected chi connectivity index (χ1v) is 6.49. The second-order valence-electron chi connectivity index (χ2n) is 5.12. The molecule has 3 rings (SSSR count). The molecule has 1 aromatic rings. The average molecular weight is 270 g/mol. The van der Waals surface area contributed by atoms with Crippen molar-refractivity contribution in [3.8, 4) is 5.75 Å². The molecule has 1 heterocycles. The predicted octanol–water partition coefficient (Wildman–Crippen LogP) is 2.50. The first-order valence-electron chi connectivity index (χ1n) is 6.49. The quantitative estimate of drug-likeness (QED) is 0.896. The minimum Gasteiger partial charge on any atom is -0.481 e. The van der Waals surface area contributed by atoms with Crippen molar-refractivity contribution in [2.75, 3.05) is 0 Å². The molecule has 0 saturated carbocycles. The predicted molar refractivity (Wildman–Crippen MR) is 72.3 cm³/mol. The van der Waals surface area contributed by atoms with Crippen LogP contribution in [0.4, 0.5) is 0 Å². The summed E-state index contributed by atoms with van der Waals surface area (Å²) in [4.78, 5) is 23.2. The number of hydrogen-bond acceptors (Lipinski definition) is 3. The van der Waals surface area contributed by atoms with E-state index in [1.807, 2.05) is 24.3 Å². The van der Waals surface area contributed by atoms with E-state index in [0.29, 0.717) is 29.1 Å². The summed E-state index contributed by atoms with van der Waals surface area (Å²) in [5.74, 6) is -0.0795. The number of allylic oxidation sites excluding steroid dienone is 3. The minimum absolute atomic E-state index is 0.0173. The van der Waals surface area contributed by atoms with Gasteiger partial charge in [-0.1, -0.05) is 18.2 Å².